The molecular weight excluding hydrogens is 330 g/mol. The van der Waals surface area contributed by atoms with Gasteiger partial charge in [-0.1, -0.05) is 12.1 Å². The SMILES string of the molecule is CCN(Cc1nc2ccccc2c(=O)[nH]1)C(=O)Nc1ccc(C#N)cc1. The second-order valence-corrected chi connectivity index (χ2v) is 5.66. The molecule has 1 aromatic heterocycles. The van der Waals surface area contributed by atoms with E-state index in [0.29, 0.717) is 34.5 Å². The molecule has 130 valence electrons. The molecule has 3 rings (SSSR count). The number of para-hydroxylation sites is 1. The number of hydrogen-bond acceptors (Lipinski definition) is 4. The van der Waals surface area contributed by atoms with Crippen LogP contribution < -0.4 is 10.9 Å². The molecule has 1 heterocycles. The number of aromatic nitrogens is 2. The van der Waals surface area contributed by atoms with Crippen molar-refractivity contribution in [2.75, 3.05) is 11.9 Å². The predicted molar refractivity (Wildman–Crippen MR) is 98.6 cm³/mol. The number of H-pyrrole nitrogens is 1. The van der Waals surface area contributed by atoms with Crippen LogP contribution in [0.1, 0.15) is 18.3 Å². The second-order valence-electron chi connectivity index (χ2n) is 5.66. The number of aromatic amines is 1. The maximum atomic E-state index is 12.5. The summed E-state index contributed by atoms with van der Waals surface area (Å²) in [5, 5.41) is 12.1. The fraction of sp³-hybridized carbons (Fsp3) is 0.158. The summed E-state index contributed by atoms with van der Waals surface area (Å²) >= 11 is 0. The molecular formula is C19H17N5O2. The van der Waals surface area contributed by atoms with Gasteiger partial charge in [0.2, 0.25) is 0 Å². The summed E-state index contributed by atoms with van der Waals surface area (Å²) in [6, 6.07) is 15.4. The molecule has 0 fully saturated rings. The van der Waals surface area contributed by atoms with Crippen LogP contribution in [0.2, 0.25) is 0 Å². The third kappa shape index (κ3) is 3.70. The molecule has 2 amide bonds. The highest BCUT2D eigenvalue weighted by atomic mass is 16.2. The number of hydrogen-bond donors (Lipinski definition) is 2. The Kier molecular flexibility index (Phi) is 4.94. The van der Waals surface area contributed by atoms with Crippen LogP contribution in [0.4, 0.5) is 10.5 Å². The Hall–Kier alpha value is -3.66. The van der Waals surface area contributed by atoms with Gasteiger partial charge < -0.3 is 15.2 Å². The number of nitriles is 1. The lowest BCUT2D eigenvalue weighted by Gasteiger charge is -2.21. The van der Waals surface area contributed by atoms with E-state index in [1.54, 1.807) is 42.5 Å². The van der Waals surface area contributed by atoms with Gasteiger partial charge in [0.1, 0.15) is 5.82 Å². The summed E-state index contributed by atoms with van der Waals surface area (Å²) in [4.78, 5) is 33.3. The first-order chi connectivity index (χ1) is 12.6. The zero-order valence-electron chi connectivity index (χ0n) is 14.2. The average molecular weight is 347 g/mol. The van der Waals surface area contributed by atoms with Gasteiger partial charge in [0.25, 0.3) is 5.56 Å². The highest BCUT2D eigenvalue weighted by Crippen LogP contribution is 2.11. The highest BCUT2D eigenvalue weighted by molar-refractivity contribution is 5.89. The number of nitrogens with one attached hydrogen (secondary N) is 2. The van der Waals surface area contributed by atoms with Crippen molar-refractivity contribution in [3.63, 3.8) is 0 Å². The summed E-state index contributed by atoms with van der Waals surface area (Å²) < 4.78 is 0. The van der Waals surface area contributed by atoms with Crippen molar-refractivity contribution >= 4 is 22.6 Å². The Balaban J connectivity index is 1.77. The zero-order valence-corrected chi connectivity index (χ0v) is 14.2. The normalized spacial score (nSPS) is 10.3. The van der Waals surface area contributed by atoms with E-state index in [0.717, 1.165) is 0 Å². The monoisotopic (exact) mass is 347 g/mol. The summed E-state index contributed by atoms with van der Waals surface area (Å²) in [5.41, 5.74) is 1.48. The standard InChI is InChI=1S/C19H17N5O2/c1-2-24(19(26)21-14-9-7-13(11-20)8-10-14)12-17-22-16-6-4-3-5-15(16)18(25)23-17/h3-10H,2,12H2,1H3,(H,21,26)(H,22,23,25). The van der Waals surface area contributed by atoms with Crippen molar-refractivity contribution in [2.45, 2.75) is 13.5 Å². The first kappa shape index (κ1) is 17.2. The van der Waals surface area contributed by atoms with Gasteiger partial charge in [-0.3, -0.25) is 4.79 Å². The molecule has 26 heavy (non-hydrogen) atoms. The number of carbonyl (C=O) groups is 1. The summed E-state index contributed by atoms with van der Waals surface area (Å²) in [7, 11) is 0. The molecule has 3 aromatic rings. The van der Waals surface area contributed by atoms with Gasteiger partial charge in [0.05, 0.1) is 29.1 Å². The van der Waals surface area contributed by atoms with Crippen molar-refractivity contribution in [2.24, 2.45) is 0 Å². The first-order valence-corrected chi connectivity index (χ1v) is 8.14. The van der Waals surface area contributed by atoms with E-state index in [4.69, 9.17) is 5.26 Å². The number of carbonyl (C=O) groups excluding carboxylic acids is 1. The zero-order chi connectivity index (χ0) is 18.5. The van der Waals surface area contributed by atoms with Crippen molar-refractivity contribution in [3.8, 4) is 6.07 Å². The summed E-state index contributed by atoms with van der Waals surface area (Å²) in [6.45, 7) is 2.47. The van der Waals surface area contributed by atoms with Crippen molar-refractivity contribution in [3.05, 3.63) is 70.3 Å². The molecule has 0 bridgehead atoms. The second kappa shape index (κ2) is 7.49. The Morgan fingerprint density at radius 3 is 2.65 bits per heavy atom. The van der Waals surface area contributed by atoms with E-state index < -0.39 is 0 Å². The fourth-order valence-electron chi connectivity index (χ4n) is 2.55. The molecule has 0 saturated heterocycles. The quantitative estimate of drug-likeness (QED) is 0.757. The lowest BCUT2D eigenvalue weighted by Crippen LogP contribution is -2.35. The van der Waals surface area contributed by atoms with E-state index in [2.05, 4.69) is 15.3 Å². The molecule has 7 heteroatoms. The van der Waals surface area contributed by atoms with Gasteiger partial charge in [-0.05, 0) is 43.3 Å². The van der Waals surface area contributed by atoms with E-state index in [1.807, 2.05) is 19.1 Å². The summed E-state index contributed by atoms with van der Waals surface area (Å²) in [5.74, 6) is 0.422. The number of fused-ring (bicyclic) bond motifs is 1. The largest absolute Gasteiger partial charge is 0.322 e. The van der Waals surface area contributed by atoms with Gasteiger partial charge in [-0.25, -0.2) is 9.78 Å². The number of amides is 2. The van der Waals surface area contributed by atoms with Gasteiger partial charge in [-0.15, -0.1) is 0 Å². The number of nitrogens with zero attached hydrogens (tertiary/aromatic N) is 3. The minimum atomic E-state index is -0.312. The number of rotatable bonds is 4. The van der Waals surface area contributed by atoms with E-state index in [1.165, 1.54) is 4.90 Å². The van der Waals surface area contributed by atoms with Gasteiger partial charge >= 0.3 is 6.03 Å². The molecule has 2 N–H and O–H groups in total. The molecule has 0 unspecified atom stereocenters. The lowest BCUT2D eigenvalue weighted by molar-refractivity contribution is 0.211. The van der Waals surface area contributed by atoms with Crippen LogP contribution in [0.15, 0.2) is 53.3 Å². The molecule has 2 aromatic carbocycles. The van der Waals surface area contributed by atoms with Gasteiger partial charge in [0.15, 0.2) is 0 Å². The molecule has 0 aliphatic heterocycles. The van der Waals surface area contributed by atoms with E-state index in [-0.39, 0.29) is 18.1 Å². The van der Waals surface area contributed by atoms with Crippen LogP contribution in [0.5, 0.6) is 0 Å². The van der Waals surface area contributed by atoms with Crippen LogP contribution in [-0.4, -0.2) is 27.4 Å². The summed E-state index contributed by atoms with van der Waals surface area (Å²) in [6.07, 6.45) is 0. The van der Waals surface area contributed by atoms with Crippen LogP contribution in [-0.2, 0) is 6.54 Å². The Bertz CT molecular complexity index is 1030. The predicted octanol–water partition coefficient (Wildman–Crippen LogP) is 2.85. The maximum absolute atomic E-state index is 12.5. The smallest absolute Gasteiger partial charge is 0.317 e. The maximum Gasteiger partial charge on any atom is 0.322 e. The average Bonchev–Trinajstić information content (AvgIpc) is 2.66. The van der Waals surface area contributed by atoms with Crippen molar-refractivity contribution in [1.82, 2.24) is 14.9 Å². The van der Waals surface area contributed by atoms with Crippen LogP contribution >= 0.6 is 0 Å². The van der Waals surface area contributed by atoms with Crippen LogP contribution in [0, 0.1) is 11.3 Å². The number of anilines is 1. The molecule has 0 aliphatic carbocycles. The number of benzene rings is 2. The Morgan fingerprint density at radius 1 is 1.23 bits per heavy atom. The molecule has 0 aliphatic rings. The minimum absolute atomic E-state index is 0.179. The van der Waals surface area contributed by atoms with Crippen LogP contribution in [0.3, 0.4) is 0 Å². The molecule has 0 radical (unpaired) electrons. The fourth-order valence-corrected chi connectivity index (χ4v) is 2.55. The molecule has 7 nitrogen and oxygen atoms in total. The lowest BCUT2D eigenvalue weighted by atomic mass is 10.2. The molecule has 0 saturated carbocycles. The topological polar surface area (TPSA) is 102 Å². The molecule has 0 spiro atoms. The van der Waals surface area contributed by atoms with Crippen LogP contribution in [0.25, 0.3) is 10.9 Å². The van der Waals surface area contributed by atoms with Crippen molar-refractivity contribution in [1.29, 1.82) is 5.26 Å². The highest BCUT2D eigenvalue weighted by Gasteiger charge is 2.14. The van der Waals surface area contributed by atoms with Gasteiger partial charge in [-0.2, -0.15) is 5.26 Å². The van der Waals surface area contributed by atoms with Gasteiger partial charge in [0, 0.05) is 12.2 Å². The first-order valence-electron chi connectivity index (χ1n) is 8.14. The number of urea groups is 1. The van der Waals surface area contributed by atoms with Crippen molar-refractivity contribution < 1.29 is 4.79 Å². The third-order valence-electron chi connectivity index (χ3n) is 3.94. The Morgan fingerprint density at radius 2 is 1.96 bits per heavy atom. The van der Waals surface area contributed by atoms with E-state index in [9.17, 15) is 9.59 Å². The third-order valence-corrected chi connectivity index (χ3v) is 3.94. The Labute approximate surface area is 149 Å². The van der Waals surface area contributed by atoms with E-state index >= 15 is 0 Å². The minimum Gasteiger partial charge on any atom is -0.317 e. The molecule has 0 atom stereocenters.